The zero-order valence-corrected chi connectivity index (χ0v) is 8.58. The second-order valence-electron chi connectivity index (χ2n) is 3.42. The second-order valence-corrected chi connectivity index (χ2v) is 3.42. The molecule has 1 aromatic rings. The summed E-state index contributed by atoms with van der Waals surface area (Å²) in [5, 5.41) is 2.83. The number of hydrogen-bond donors (Lipinski definition) is 2. The first-order valence-corrected chi connectivity index (χ1v) is 4.80. The molecule has 14 heavy (non-hydrogen) atoms. The lowest BCUT2D eigenvalue weighted by Gasteiger charge is -2.09. The zero-order valence-electron chi connectivity index (χ0n) is 8.58. The van der Waals surface area contributed by atoms with Gasteiger partial charge in [0.2, 0.25) is 5.91 Å². The summed E-state index contributed by atoms with van der Waals surface area (Å²) in [5.41, 5.74) is 7.03. The average Bonchev–Trinajstić information content (AvgIpc) is 2.20. The Morgan fingerprint density at radius 3 is 2.50 bits per heavy atom. The maximum atomic E-state index is 11.5. The second kappa shape index (κ2) is 4.65. The molecule has 3 heteroatoms. The number of nitrogens with one attached hydrogen (secondary N) is 1. The normalized spacial score (nSPS) is 12.1. The molecule has 0 saturated carbocycles. The number of nitrogens with two attached hydrogens (primary N) is 1. The molecule has 1 aromatic carbocycles. The number of nitrogen functional groups attached to an aromatic ring is 1. The standard InChI is InChI=1S/C11H16N2O/c1-3-8(2)11(14)13-10-6-4-9(12)5-7-10/h4-8H,3,12H2,1-2H3,(H,13,14). The van der Waals surface area contributed by atoms with Gasteiger partial charge in [-0.15, -0.1) is 0 Å². The SMILES string of the molecule is CCC(C)C(=O)Nc1ccc(N)cc1. The number of amides is 1. The molecule has 3 nitrogen and oxygen atoms in total. The average molecular weight is 192 g/mol. The van der Waals surface area contributed by atoms with Gasteiger partial charge in [0.15, 0.2) is 0 Å². The topological polar surface area (TPSA) is 55.1 Å². The summed E-state index contributed by atoms with van der Waals surface area (Å²) in [6, 6.07) is 7.14. The van der Waals surface area contributed by atoms with Gasteiger partial charge in [-0.25, -0.2) is 0 Å². The minimum absolute atomic E-state index is 0.0487. The molecule has 1 unspecified atom stereocenters. The van der Waals surface area contributed by atoms with Crippen molar-refractivity contribution in [2.75, 3.05) is 11.1 Å². The van der Waals surface area contributed by atoms with E-state index >= 15 is 0 Å². The van der Waals surface area contributed by atoms with Crippen LogP contribution in [0.4, 0.5) is 11.4 Å². The lowest BCUT2D eigenvalue weighted by molar-refractivity contribution is -0.119. The quantitative estimate of drug-likeness (QED) is 0.722. The van der Waals surface area contributed by atoms with Crippen LogP contribution in [0.15, 0.2) is 24.3 Å². The molecular weight excluding hydrogens is 176 g/mol. The Morgan fingerprint density at radius 2 is 2.00 bits per heavy atom. The zero-order chi connectivity index (χ0) is 10.6. The number of hydrogen-bond acceptors (Lipinski definition) is 2. The maximum Gasteiger partial charge on any atom is 0.227 e. The first-order valence-electron chi connectivity index (χ1n) is 4.80. The predicted octanol–water partition coefficient (Wildman–Crippen LogP) is 2.25. The van der Waals surface area contributed by atoms with Gasteiger partial charge in [-0.2, -0.15) is 0 Å². The summed E-state index contributed by atoms with van der Waals surface area (Å²) in [5.74, 6) is 0.102. The summed E-state index contributed by atoms with van der Waals surface area (Å²) in [7, 11) is 0. The molecule has 0 aliphatic rings. The van der Waals surface area contributed by atoms with E-state index in [2.05, 4.69) is 5.32 Å². The van der Waals surface area contributed by atoms with Crippen LogP contribution in [0, 0.1) is 5.92 Å². The molecule has 0 aliphatic carbocycles. The van der Waals surface area contributed by atoms with E-state index in [4.69, 9.17) is 5.73 Å². The van der Waals surface area contributed by atoms with Gasteiger partial charge in [0, 0.05) is 17.3 Å². The lowest BCUT2D eigenvalue weighted by Crippen LogP contribution is -2.19. The molecule has 0 aromatic heterocycles. The van der Waals surface area contributed by atoms with Gasteiger partial charge < -0.3 is 11.1 Å². The summed E-state index contributed by atoms with van der Waals surface area (Å²) < 4.78 is 0. The van der Waals surface area contributed by atoms with Crippen molar-refractivity contribution in [1.82, 2.24) is 0 Å². The Bertz CT molecular complexity index is 306. The molecule has 0 fully saturated rings. The van der Waals surface area contributed by atoms with Crippen molar-refractivity contribution in [3.05, 3.63) is 24.3 Å². The van der Waals surface area contributed by atoms with Gasteiger partial charge in [-0.05, 0) is 30.7 Å². The van der Waals surface area contributed by atoms with Gasteiger partial charge in [0.25, 0.3) is 0 Å². The molecule has 1 atom stereocenters. The Labute approximate surface area is 84.3 Å². The molecular formula is C11H16N2O. The highest BCUT2D eigenvalue weighted by Gasteiger charge is 2.09. The van der Waals surface area contributed by atoms with E-state index in [0.717, 1.165) is 12.1 Å². The monoisotopic (exact) mass is 192 g/mol. The number of carbonyl (C=O) groups excluding carboxylic acids is 1. The minimum Gasteiger partial charge on any atom is -0.399 e. The van der Waals surface area contributed by atoms with Gasteiger partial charge in [0.05, 0.1) is 0 Å². The minimum atomic E-state index is 0.0487. The molecule has 0 heterocycles. The van der Waals surface area contributed by atoms with Crippen molar-refractivity contribution in [2.24, 2.45) is 5.92 Å². The predicted molar refractivity (Wildman–Crippen MR) is 58.9 cm³/mol. The van der Waals surface area contributed by atoms with Crippen LogP contribution in [0.3, 0.4) is 0 Å². The smallest absolute Gasteiger partial charge is 0.227 e. The lowest BCUT2D eigenvalue weighted by atomic mass is 10.1. The maximum absolute atomic E-state index is 11.5. The van der Waals surface area contributed by atoms with Crippen molar-refractivity contribution in [3.8, 4) is 0 Å². The molecule has 0 bridgehead atoms. The molecule has 0 saturated heterocycles. The van der Waals surface area contributed by atoms with Crippen LogP contribution in [0.25, 0.3) is 0 Å². The van der Waals surface area contributed by atoms with E-state index in [1.165, 1.54) is 0 Å². The van der Waals surface area contributed by atoms with Gasteiger partial charge in [-0.1, -0.05) is 13.8 Å². The molecule has 76 valence electrons. The van der Waals surface area contributed by atoms with Crippen LogP contribution in [-0.4, -0.2) is 5.91 Å². The van der Waals surface area contributed by atoms with Gasteiger partial charge >= 0.3 is 0 Å². The highest BCUT2D eigenvalue weighted by Crippen LogP contribution is 2.12. The van der Waals surface area contributed by atoms with Crippen molar-refractivity contribution in [2.45, 2.75) is 20.3 Å². The van der Waals surface area contributed by atoms with E-state index < -0.39 is 0 Å². The van der Waals surface area contributed by atoms with E-state index in [9.17, 15) is 4.79 Å². The fraction of sp³-hybridized carbons (Fsp3) is 0.364. The van der Waals surface area contributed by atoms with Gasteiger partial charge in [-0.3, -0.25) is 4.79 Å². The van der Waals surface area contributed by atoms with Crippen molar-refractivity contribution < 1.29 is 4.79 Å². The number of benzene rings is 1. The number of rotatable bonds is 3. The Kier molecular flexibility index (Phi) is 3.51. The van der Waals surface area contributed by atoms with Crippen LogP contribution in [0.2, 0.25) is 0 Å². The summed E-state index contributed by atoms with van der Waals surface area (Å²) in [6.07, 6.45) is 0.848. The van der Waals surface area contributed by atoms with Crippen LogP contribution >= 0.6 is 0 Å². The molecule has 0 spiro atoms. The Hall–Kier alpha value is -1.51. The third kappa shape index (κ3) is 2.76. The fourth-order valence-corrected chi connectivity index (χ4v) is 1.02. The first-order chi connectivity index (χ1) is 6.63. The van der Waals surface area contributed by atoms with Crippen molar-refractivity contribution in [3.63, 3.8) is 0 Å². The first kappa shape index (κ1) is 10.6. The summed E-state index contributed by atoms with van der Waals surface area (Å²) >= 11 is 0. The molecule has 0 radical (unpaired) electrons. The van der Waals surface area contributed by atoms with E-state index in [0.29, 0.717) is 5.69 Å². The van der Waals surface area contributed by atoms with Gasteiger partial charge in [0.1, 0.15) is 0 Å². The van der Waals surface area contributed by atoms with E-state index in [-0.39, 0.29) is 11.8 Å². The third-order valence-corrected chi connectivity index (χ3v) is 2.24. The van der Waals surface area contributed by atoms with Crippen LogP contribution < -0.4 is 11.1 Å². The van der Waals surface area contributed by atoms with Crippen molar-refractivity contribution in [1.29, 1.82) is 0 Å². The van der Waals surface area contributed by atoms with E-state index in [1.54, 1.807) is 24.3 Å². The van der Waals surface area contributed by atoms with Crippen LogP contribution in [-0.2, 0) is 4.79 Å². The fourth-order valence-electron chi connectivity index (χ4n) is 1.02. The molecule has 0 aliphatic heterocycles. The Balaban J connectivity index is 2.60. The molecule has 1 amide bonds. The van der Waals surface area contributed by atoms with E-state index in [1.807, 2.05) is 13.8 Å². The molecule has 3 N–H and O–H groups in total. The van der Waals surface area contributed by atoms with Crippen LogP contribution in [0.1, 0.15) is 20.3 Å². The highest BCUT2D eigenvalue weighted by molar-refractivity contribution is 5.92. The van der Waals surface area contributed by atoms with Crippen LogP contribution in [0.5, 0.6) is 0 Å². The highest BCUT2D eigenvalue weighted by atomic mass is 16.1. The molecule has 1 rings (SSSR count). The summed E-state index contributed by atoms with van der Waals surface area (Å²) in [4.78, 5) is 11.5. The number of carbonyl (C=O) groups is 1. The Morgan fingerprint density at radius 1 is 1.43 bits per heavy atom. The van der Waals surface area contributed by atoms with Crippen molar-refractivity contribution >= 4 is 17.3 Å². The third-order valence-electron chi connectivity index (χ3n) is 2.24. The largest absolute Gasteiger partial charge is 0.399 e. The summed E-state index contributed by atoms with van der Waals surface area (Å²) in [6.45, 7) is 3.90. The number of anilines is 2.